The quantitative estimate of drug-likeness (QED) is 0.793. The molecule has 0 bridgehead atoms. The number of benzene rings is 1. The molecule has 10 heteroatoms. The average molecular weight is 368 g/mol. The summed E-state index contributed by atoms with van der Waals surface area (Å²) < 4.78 is 43.2. The Morgan fingerprint density at radius 3 is 2.62 bits per heavy atom. The van der Waals surface area contributed by atoms with Gasteiger partial charge in [0.1, 0.15) is 5.69 Å². The lowest BCUT2D eigenvalue weighted by atomic mass is 10.2. The van der Waals surface area contributed by atoms with Crippen LogP contribution in [0.1, 0.15) is 21.6 Å². The van der Waals surface area contributed by atoms with E-state index >= 15 is 0 Å². The molecule has 0 aliphatic carbocycles. The third-order valence-electron chi connectivity index (χ3n) is 3.88. The number of nitrogens with zero attached hydrogens (tertiary/aromatic N) is 2. The highest BCUT2D eigenvalue weighted by atomic mass is 19.4. The van der Waals surface area contributed by atoms with E-state index in [4.69, 9.17) is 4.74 Å². The summed E-state index contributed by atoms with van der Waals surface area (Å²) in [5.74, 6) is -0.653. The summed E-state index contributed by atoms with van der Waals surface area (Å²) in [7, 11) is 0. The third-order valence-corrected chi connectivity index (χ3v) is 3.88. The van der Waals surface area contributed by atoms with Gasteiger partial charge in [0.15, 0.2) is 0 Å². The second kappa shape index (κ2) is 7.06. The molecule has 2 aromatic rings. The van der Waals surface area contributed by atoms with Gasteiger partial charge in [-0.25, -0.2) is 9.59 Å². The zero-order valence-corrected chi connectivity index (χ0v) is 13.5. The van der Waals surface area contributed by atoms with Gasteiger partial charge in [0.25, 0.3) is 0 Å². The number of hydrogen-bond acceptors (Lipinski definition) is 4. The number of alkyl halides is 3. The zero-order valence-electron chi connectivity index (χ0n) is 13.5. The minimum absolute atomic E-state index is 0.0688. The maximum absolute atomic E-state index is 12.7. The summed E-state index contributed by atoms with van der Waals surface area (Å²) in [6, 6.07) is 6.02. The fourth-order valence-corrected chi connectivity index (χ4v) is 2.58. The van der Waals surface area contributed by atoms with Gasteiger partial charge in [-0.15, -0.1) is 0 Å². The van der Waals surface area contributed by atoms with Crippen molar-refractivity contribution < 1.29 is 27.5 Å². The highest BCUT2D eigenvalue weighted by Crippen LogP contribution is 2.30. The lowest BCUT2D eigenvalue weighted by Gasteiger charge is -2.14. The van der Waals surface area contributed by atoms with Crippen molar-refractivity contribution in [2.45, 2.75) is 12.6 Å². The largest absolute Gasteiger partial charge is 0.462 e. The van der Waals surface area contributed by atoms with Crippen LogP contribution in [0.5, 0.6) is 0 Å². The molecule has 1 aliphatic heterocycles. The first-order valence-corrected chi connectivity index (χ1v) is 7.78. The van der Waals surface area contributed by atoms with Crippen molar-refractivity contribution in [1.29, 1.82) is 0 Å². The lowest BCUT2D eigenvalue weighted by molar-refractivity contribution is -0.141. The number of aromatic amines is 1. The molecule has 1 aromatic heterocycles. The maximum atomic E-state index is 12.7. The first-order valence-electron chi connectivity index (χ1n) is 7.78. The number of hydrogen-bond donors (Lipinski definition) is 2. The van der Waals surface area contributed by atoms with E-state index in [-0.39, 0.29) is 30.2 Å². The predicted octanol–water partition coefficient (Wildman–Crippen LogP) is 2.36. The van der Waals surface area contributed by atoms with Crippen LogP contribution >= 0.6 is 0 Å². The molecular weight excluding hydrogens is 353 g/mol. The second-order valence-corrected chi connectivity index (χ2v) is 5.58. The van der Waals surface area contributed by atoms with Crippen LogP contribution in [0.15, 0.2) is 30.5 Å². The van der Waals surface area contributed by atoms with Crippen LogP contribution in [0, 0.1) is 0 Å². The van der Waals surface area contributed by atoms with Gasteiger partial charge < -0.3 is 10.1 Å². The molecule has 1 aromatic carbocycles. The number of aromatic nitrogens is 2. The minimum atomic E-state index is -4.53. The molecule has 7 nitrogen and oxygen atoms in total. The van der Waals surface area contributed by atoms with Crippen LogP contribution < -0.4 is 10.2 Å². The molecule has 0 radical (unpaired) electrons. The molecule has 0 spiro atoms. The topological polar surface area (TPSA) is 87.3 Å². The summed E-state index contributed by atoms with van der Waals surface area (Å²) in [5.41, 5.74) is -0.121. The van der Waals surface area contributed by atoms with Gasteiger partial charge in [0.2, 0.25) is 0 Å². The Balaban J connectivity index is 1.56. The van der Waals surface area contributed by atoms with Gasteiger partial charge in [-0.3, -0.25) is 10.00 Å². The van der Waals surface area contributed by atoms with Gasteiger partial charge >= 0.3 is 18.2 Å². The number of urea groups is 1. The Kier molecular flexibility index (Phi) is 4.83. The zero-order chi connectivity index (χ0) is 18.7. The van der Waals surface area contributed by atoms with Gasteiger partial charge in [-0.1, -0.05) is 0 Å². The minimum Gasteiger partial charge on any atom is -0.462 e. The van der Waals surface area contributed by atoms with Crippen molar-refractivity contribution >= 4 is 17.7 Å². The molecular formula is C16H15F3N4O3. The van der Waals surface area contributed by atoms with Crippen molar-refractivity contribution in [2.75, 3.05) is 24.6 Å². The highest BCUT2D eigenvalue weighted by Gasteiger charge is 2.35. The number of carbonyl (C=O) groups excluding carboxylic acids is 2. The number of carbonyl (C=O) groups is 2. The molecule has 0 unspecified atom stereocenters. The van der Waals surface area contributed by atoms with Crippen LogP contribution in [0.4, 0.5) is 23.7 Å². The Morgan fingerprint density at radius 1 is 1.27 bits per heavy atom. The standard InChI is InChI=1S/C16H15F3N4O3/c17-16(18,19)13-11(9-21-22-13)5-8-26-14(24)10-1-3-12(4-2-10)23-7-6-20-15(23)25/h1-4,9H,5-8H2,(H,20,25)(H,21,22). The summed E-state index contributed by atoms with van der Waals surface area (Å²) in [5, 5.41) is 7.94. The summed E-state index contributed by atoms with van der Waals surface area (Å²) >= 11 is 0. The molecule has 3 rings (SSSR count). The van der Waals surface area contributed by atoms with Gasteiger partial charge in [-0.2, -0.15) is 18.3 Å². The lowest BCUT2D eigenvalue weighted by Crippen LogP contribution is -2.27. The molecule has 2 heterocycles. The van der Waals surface area contributed by atoms with Crippen LogP contribution in [-0.2, 0) is 17.3 Å². The summed E-state index contributed by atoms with van der Waals surface area (Å²) in [6.45, 7) is 0.878. The number of esters is 1. The Morgan fingerprint density at radius 2 is 2.00 bits per heavy atom. The first kappa shape index (κ1) is 17.8. The van der Waals surface area contributed by atoms with E-state index < -0.39 is 17.8 Å². The first-order chi connectivity index (χ1) is 12.4. The molecule has 2 amide bonds. The summed E-state index contributed by atoms with van der Waals surface area (Å²) in [6.07, 6.45) is -3.58. The van der Waals surface area contributed by atoms with Crippen molar-refractivity contribution in [3.8, 4) is 0 Å². The van der Waals surface area contributed by atoms with E-state index in [1.54, 1.807) is 12.1 Å². The Bertz CT molecular complexity index is 802. The third kappa shape index (κ3) is 3.79. The van der Waals surface area contributed by atoms with E-state index in [0.717, 1.165) is 6.20 Å². The number of rotatable bonds is 5. The summed E-state index contributed by atoms with van der Waals surface area (Å²) in [4.78, 5) is 25.1. The van der Waals surface area contributed by atoms with Crippen LogP contribution in [-0.4, -0.2) is 41.9 Å². The van der Waals surface area contributed by atoms with Crippen LogP contribution in [0.25, 0.3) is 0 Å². The molecule has 0 atom stereocenters. The smallest absolute Gasteiger partial charge is 0.433 e. The van der Waals surface area contributed by atoms with Gasteiger partial charge in [-0.05, 0) is 24.3 Å². The molecule has 2 N–H and O–H groups in total. The van der Waals surface area contributed by atoms with E-state index in [2.05, 4.69) is 10.4 Å². The number of halogens is 3. The fourth-order valence-electron chi connectivity index (χ4n) is 2.58. The molecule has 26 heavy (non-hydrogen) atoms. The monoisotopic (exact) mass is 368 g/mol. The Hall–Kier alpha value is -3.04. The number of ether oxygens (including phenoxy) is 1. The molecule has 1 saturated heterocycles. The second-order valence-electron chi connectivity index (χ2n) is 5.58. The molecule has 0 saturated carbocycles. The van der Waals surface area contributed by atoms with E-state index in [0.29, 0.717) is 18.8 Å². The molecule has 1 aliphatic rings. The number of amides is 2. The van der Waals surface area contributed by atoms with Crippen LogP contribution in [0.2, 0.25) is 0 Å². The maximum Gasteiger partial charge on any atom is 0.433 e. The predicted molar refractivity (Wildman–Crippen MR) is 84.8 cm³/mol. The number of nitrogens with one attached hydrogen (secondary N) is 2. The molecule has 138 valence electrons. The molecule has 1 fully saturated rings. The van der Waals surface area contributed by atoms with E-state index in [1.165, 1.54) is 17.0 Å². The van der Waals surface area contributed by atoms with Crippen molar-refractivity contribution in [3.63, 3.8) is 0 Å². The fraction of sp³-hybridized carbons (Fsp3) is 0.312. The van der Waals surface area contributed by atoms with Crippen LogP contribution in [0.3, 0.4) is 0 Å². The normalized spacial score (nSPS) is 14.4. The van der Waals surface area contributed by atoms with Crippen molar-refractivity contribution in [2.24, 2.45) is 0 Å². The van der Waals surface area contributed by atoms with Gasteiger partial charge in [0, 0.05) is 30.8 Å². The number of H-pyrrole nitrogens is 1. The average Bonchev–Trinajstić information content (AvgIpc) is 3.23. The highest BCUT2D eigenvalue weighted by molar-refractivity contribution is 5.95. The van der Waals surface area contributed by atoms with E-state index in [9.17, 15) is 22.8 Å². The number of anilines is 1. The van der Waals surface area contributed by atoms with E-state index in [1.807, 2.05) is 5.10 Å². The van der Waals surface area contributed by atoms with Gasteiger partial charge in [0.05, 0.1) is 18.4 Å². The Labute approximate surface area is 146 Å². The van der Waals surface area contributed by atoms with Crippen molar-refractivity contribution in [1.82, 2.24) is 15.5 Å². The van der Waals surface area contributed by atoms with Crippen molar-refractivity contribution in [3.05, 3.63) is 47.3 Å². The SMILES string of the molecule is O=C(OCCc1cn[nH]c1C(F)(F)F)c1ccc(N2CCNC2=O)cc1.